The van der Waals surface area contributed by atoms with E-state index < -0.39 is 11.7 Å². The quantitative estimate of drug-likeness (QED) is 0.173. The van der Waals surface area contributed by atoms with Gasteiger partial charge in [0.05, 0.1) is 47.3 Å². The van der Waals surface area contributed by atoms with Crippen molar-refractivity contribution in [3.8, 4) is 11.4 Å². The van der Waals surface area contributed by atoms with Crippen LogP contribution in [0.5, 0.6) is 5.75 Å². The van der Waals surface area contributed by atoms with E-state index in [-0.39, 0.29) is 29.8 Å². The first-order chi connectivity index (χ1) is 22.3. The van der Waals surface area contributed by atoms with Gasteiger partial charge in [-0.2, -0.15) is 5.10 Å². The molecule has 0 saturated carbocycles. The Kier molecular flexibility index (Phi) is 9.27. The molecule has 1 aliphatic heterocycles. The lowest BCUT2D eigenvalue weighted by Crippen LogP contribution is -2.28. The normalized spacial score (nSPS) is 14.3. The molecular formula is C34H31FN6O3S2. The van der Waals surface area contributed by atoms with Crippen LogP contribution in [0.25, 0.3) is 5.69 Å². The number of nitrogens with one attached hydrogen (secondary N) is 1. The second-order valence-electron chi connectivity index (χ2n) is 10.7. The van der Waals surface area contributed by atoms with Gasteiger partial charge in [0.1, 0.15) is 11.6 Å². The molecule has 0 saturated heterocycles. The van der Waals surface area contributed by atoms with Crippen LogP contribution < -0.4 is 10.1 Å². The zero-order valence-corrected chi connectivity index (χ0v) is 27.1. The largest absolute Gasteiger partial charge is 0.497 e. The number of halogens is 1. The van der Waals surface area contributed by atoms with Crippen LogP contribution >= 0.6 is 23.1 Å². The van der Waals surface area contributed by atoms with Crippen LogP contribution in [0.3, 0.4) is 0 Å². The first-order valence-electron chi connectivity index (χ1n) is 14.6. The lowest BCUT2D eigenvalue weighted by Gasteiger charge is -2.22. The first-order valence-corrected chi connectivity index (χ1v) is 16.4. The molecule has 5 aromatic rings. The number of ether oxygens (including phenoxy) is 1. The summed E-state index contributed by atoms with van der Waals surface area (Å²) >= 11 is 2.84. The van der Waals surface area contributed by atoms with Crippen LogP contribution in [0.15, 0.2) is 94.5 Å². The highest BCUT2D eigenvalue weighted by Crippen LogP contribution is 2.35. The highest BCUT2D eigenvalue weighted by Gasteiger charge is 2.34. The molecule has 3 aromatic carbocycles. The average Bonchev–Trinajstić information content (AvgIpc) is 3.84. The van der Waals surface area contributed by atoms with Crippen LogP contribution in [-0.4, -0.2) is 50.2 Å². The van der Waals surface area contributed by atoms with Crippen molar-refractivity contribution in [1.82, 2.24) is 25.1 Å². The summed E-state index contributed by atoms with van der Waals surface area (Å²) in [5.74, 6) is -0.105. The maximum absolute atomic E-state index is 14.2. The Morgan fingerprint density at radius 3 is 2.59 bits per heavy atom. The molecule has 0 spiro atoms. The Labute approximate surface area is 274 Å². The van der Waals surface area contributed by atoms with Gasteiger partial charge >= 0.3 is 0 Å². The van der Waals surface area contributed by atoms with Crippen molar-refractivity contribution in [2.75, 3.05) is 12.9 Å². The summed E-state index contributed by atoms with van der Waals surface area (Å²) in [4.78, 5) is 27.7. The van der Waals surface area contributed by atoms with Gasteiger partial charge in [-0.3, -0.25) is 14.2 Å². The number of aryl methyl sites for hydroxylation is 2. The number of aromatic nitrogens is 3. The summed E-state index contributed by atoms with van der Waals surface area (Å²) in [5.41, 5.74) is 4.58. The first kappa shape index (κ1) is 31.2. The lowest BCUT2D eigenvalue weighted by atomic mass is 10.0. The van der Waals surface area contributed by atoms with Gasteiger partial charge < -0.3 is 10.1 Å². The fourth-order valence-corrected chi connectivity index (χ4v) is 6.76. The minimum atomic E-state index is -0.606. The number of thioether (sulfide) groups is 1. The minimum absolute atomic E-state index is 0.00217. The van der Waals surface area contributed by atoms with Gasteiger partial charge in [0.2, 0.25) is 0 Å². The van der Waals surface area contributed by atoms with Crippen LogP contribution in [0.4, 0.5) is 4.39 Å². The molecule has 1 N–H and O–H groups in total. The Bertz CT molecular complexity index is 1910. The van der Waals surface area contributed by atoms with E-state index in [0.29, 0.717) is 17.4 Å². The number of carbonyl (C=O) groups is 2. The molecule has 2 amide bonds. The van der Waals surface area contributed by atoms with Crippen molar-refractivity contribution in [3.05, 3.63) is 123 Å². The lowest BCUT2D eigenvalue weighted by molar-refractivity contribution is -0.130. The molecule has 0 fully saturated rings. The molecule has 0 bridgehead atoms. The van der Waals surface area contributed by atoms with Crippen LogP contribution in [0.1, 0.15) is 50.2 Å². The molecule has 0 unspecified atom stereocenters. The van der Waals surface area contributed by atoms with Gasteiger partial charge in [-0.15, -0.1) is 21.5 Å². The van der Waals surface area contributed by atoms with E-state index in [1.165, 1.54) is 30.0 Å². The molecule has 0 aliphatic carbocycles. The second kappa shape index (κ2) is 13.7. The molecule has 1 aliphatic rings. The molecule has 0 radical (unpaired) electrons. The second-order valence-corrected chi connectivity index (χ2v) is 12.6. The zero-order valence-electron chi connectivity index (χ0n) is 25.4. The van der Waals surface area contributed by atoms with Crippen molar-refractivity contribution < 1.29 is 18.7 Å². The third kappa shape index (κ3) is 6.58. The van der Waals surface area contributed by atoms with E-state index >= 15 is 0 Å². The topological polar surface area (TPSA) is 102 Å². The van der Waals surface area contributed by atoms with Crippen molar-refractivity contribution in [2.24, 2.45) is 5.10 Å². The fourth-order valence-electron chi connectivity index (χ4n) is 5.22. The summed E-state index contributed by atoms with van der Waals surface area (Å²) in [6.45, 7) is 3.96. The van der Waals surface area contributed by atoms with Gasteiger partial charge in [-0.25, -0.2) is 9.40 Å². The van der Waals surface area contributed by atoms with Gasteiger partial charge in [-0.1, -0.05) is 54.2 Å². The van der Waals surface area contributed by atoms with Gasteiger partial charge in [0.25, 0.3) is 11.8 Å². The molecule has 2 aromatic heterocycles. The summed E-state index contributed by atoms with van der Waals surface area (Å²) in [5, 5.41) is 20.4. The molecule has 9 nitrogen and oxygen atoms in total. The summed E-state index contributed by atoms with van der Waals surface area (Å²) in [7, 11) is 1.62. The number of nitrogens with zero attached hydrogens (tertiary/aromatic N) is 5. The SMILES string of the molecule is COc1ccc([C@H]2CC(c3cccs3)=NN2C(=O)CSc2nnc(CNC(=O)c3ccccc3F)n2-c2cc(C)ccc2C)cc1. The van der Waals surface area contributed by atoms with E-state index in [1.54, 1.807) is 29.5 Å². The van der Waals surface area contributed by atoms with Gasteiger partial charge in [0.15, 0.2) is 11.0 Å². The Balaban J connectivity index is 1.26. The predicted molar refractivity (Wildman–Crippen MR) is 177 cm³/mol. The Morgan fingerprint density at radius 1 is 1.04 bits per heavy atom. The summed E-state index contributed by atoms with van der Waals surface area (Å²) in [6, 6.07) is 23.2. The number of carbonyl (C=O) groups excluding carboxylic acids is 2. The Hall–Kier alpha value is -4.81. The monoisotopic (exact) mass is 654 g/mol. The standard InChI is InChI=1S/C34H31FN6O3S2/c1-21-10-11-22(2)28(17-21)40-31(19-36-33(43)25-7-4-5-8-26(25)35)37-38-34(40)46-20-32(42)41-29(23-12-14-24(44-3)15-13-23)18-27(39-41)30-9-6-16-45-30/h4-17,29H,18-20H2,1-3H3,(H,36,43)/t29-/m1/s1. The Morgan fingerprint density at radius 2 is 1.85 bits per heavy atom. The van der Waals surface area contributed by atoms with Crippen molar-refractivity contribution >= 4 is 40.6 Å². The number of hydrogen-bond donors (Lipinski definition) is 1. The molecule has 234 valence electrons. The number of hydrogen-bond acceptors (Lipinski definition) is 8. The van der Waals surface area contributed by atoms with Crippen molar-refractivity contribution in [1.29, 1.82) is 0 Å². The fraction of sp³-hybridized carbons (Fsp3) is 0.206. The third-order valence-electron chi connectivity index (χ3n) is 7.63. The predicted octanol–water partition coefficient (Wildman–Crippen LogP) is 6.49. The van der Waals surface area contributed by atoms with E-state index in [4.69, 9.17) is 9.84 Å². The highest BCUT2D eigenvalue weighted by molar-refractivity contribution is 7.99. The number of methoxy groups -OCH3 is 1. The molecule has 3 heterocycles. The summed E-state index contributed by atoms with van der Waals surface area (Å²) in [6.07, 6.45) is 0.591. The average molecular weight is 655 g/mol. The smallest absolute Gasteiger partial charge is 0.254 e. The molecule has 6 rings (SSSR count). The minimum Gasteiger partial charge on any atom is -0.497 e. The number of hydrazone groups is 1. The van der Waals surface area contributed by atoms with Crippen molar-refractivity contribution in [3.63, 3.8) is 0 Å². The molecule has 1 atom stereocenters. The molecular weight excluding hydrogens is 624 g/mol. The third-order valence-corrected chi connectivity index (χ3v) is 9.46. The van der Waals surface area contributed by atoms with Crippen LogP contribution in [0.2, 0.25) is 0 Å². The number of rotatable bonds is 10. The van der Waals surface area contributed by atoms with Crippen LogP contribution in [0, 0.1) is 19.7 Å². The van der Waals surface area contributed by atoms with E-state index in [1.807, 2.05) is 78.4 Å². The van der Waals surface area contributed by atoms with Gasteiger partial charge in [0, 0.05) is 6.42 Å². The van der Waals surface area contributed by atoms with Gasteiger partial charge in [-0.05, 0) is 72.3 Å². The number of amides is 2. The van der Waals surface area contributed by atoms with Crippen LogP contribution in [-0.2, 0) is 11.3 Å². The molecule has 12 heteroatoms. The van der Waals surface area contributed by atoms with E-state index in [9.17, 15) is 14.0 Å². The number of thiophene rings is 1. The van der Waals surface area contributed by atoms with E-state index in [2.05, 4.69) is 15.5 Å². The maximum Gasteiger partial charge on any atom is 0.254 e. The maximum atomic E-state index is 14.2. The molecule has 46 heavy (non-hydrogen) atoms. The summed E-state index contributed by atoms with van der Waals surface area (Å²) < 4.78 is 21.4. The zero-order chi connectivity index (χ0) is 32.2. The van der Waals surface area contributed by atoms with Crippen molar-refractivity contribution in [2.45, 2.75) is 38.0 Å². The number of benzene rings is 3. The highest BCUT2D eigenvalue weighted by atomic mass is 32.2. The van der Waals surface area contributed by atoms with E-state index in [0.717, 1.165) is 38.7 Å².